The minimum atomic E-state index is -0.875. The standard InChI is InChI=1S/C15H10O6/c1-5-8-10(14(20)15(21)11(5)17)13(19)9-6(12(8)18)3-2-4-7(9)16/h2-4,16-17,20-21H,1H3. The van der Waals surface area contributed by atoms with E-state index in [2.05, 4.69) is 0 Å². The Kier molecular flexibility index (Phi) is 2.47. The number of fused-ring (bicyclic) bond motifs is 2. The normalized spacial score (nSPS) is 13.0. The van der Waals surface area contributed by atoms with Crippen molar-refractivity contribution in [1.29, 1.82) is 0 Å². The Morgan fingerprint density at radius 2 is 1.43 bits per heavy atom. The van der Waals surface area contributed by atoms with E-state index in [-0.39, 0.29) is 28.0 Å². The third-order valence-electron chi connectivity index (χ3n) is 3.63. The van der Waals surface area contributed by atoms with Gasteiger partial charge in [-0.2, -0.15) is 0 Å². The number of aromatic hydroxyl groups is 4. The van der Waals surface area contributed by atoms with Gasteiger partial charge in [0.15, 0.2) is 17.3 Å². The molecule has 6 heteroatoms. The van der Waals surface area contributed by atoms with E-state index in [9.17, 15) is 30.0 Å². The van der Waals surface area contributed by atoms with Gasteiger partial charge >= 0.3 is 0 Å². The number of benzene rings is 2. The van der Waals surface area contributed by atoms with Crippen LogP contribution in [0.5, 0.6) is 23.0 Å². The monoisotopic (exact) mass is 286 g/mol. The van der Waals surface area contributed by atoms with Crippen LogP contribution in [0.3, 0.4) is 0 Å². The maximum Gasteiger partial charge on any atom is 0.202 e. The molecule has 1 aliphatic carbocycles. The van der Waals surface area contributed by atoms with E-state index in [1.165, 1.54) is 25.1 Å². The molecule has 0 radical (unpaired) electrons. The summed E-state index contributed by atoms with van der Waals surface area (Å²) in [7, 11) is 0. The van der Waals surface area contributed by atoms with Gasteiger partial charge < -0.3 is 20.4 Å². The fourth-order valence-electron chi connectivity index (χ4n) is 2.57. The van der Waals surface area contributed by atoms with E-state index in [1.54, 1.807) is 0 Å². The Balaban J connectivity index is 2.47. The number of hydrogen-bond donors (Lipinski definition) is 4. The summed E-state index contributed by atoms with van der Waals surface area (Å²) >= 11 is 0. The summed E-state index contributed by atoms with van der Waals surface area (Å²) in [5.41, 5.74) is -0.838. The van der Waals surface area contributed by atoms with Crippen molar-refractivity contribution in [2.45, 2.75) is 6.92 Å². The lowest BCUT2D eigenvalue weighted by Gasteiger charge is -2.22. The van der Waals surface area contributed by atoms with Crippen molar-refractivity contribution in [1.82, 2.24) is 0 Å². The maximum absolute atomic E-state index is 12.5. The van der Waals surface area contributed by atoms with Gasteiger partial charge in [-0.05, 0) is 13.0 Å². The molecule has 0 spiro atoms. The van der Waals surface area contributed by atoms with Crippen molar-refractivity contribution in [2.75, 3.05) is 0 Å². The van der Waals surface area contributed by atoms with Crippen LogP contribution in [0.25, 0.3) is 0 Å². The zero-order valence-corrected chi connectivity index (χ0v) is 10.8. The highest BCUT2D eigenvalue weighted by Crippen LogP contribution is 2.47. The molecule has 4 N–H and O–H groups in total. The molecule has 0 atom stereocenters. The largest absolute Gasteiger partial charge is 0.507 e. The SMILES string of the molecule is Cc1c(O)c(O)c(O)c2c1C(=O)c1cccc(O)c1C2=O. The number of hydrogen-bond acceptors (Lipinski definition) is 6. The summed E-state index contributed by atoms with van der Waals surface area (Å²) in [5.74, 6) is -4.18. The predicted molar refractivity (Wildman–Crippen MR) is 71.1 cm³/mol. The fourth-order valence-corrected chi connectivity index (χ4v) is 2.57. The molecule has 3 rings (SSSR count). The van der Waals surface area contributed by atoms with Crippen LogP contribution in [-0.2, 0) is 0 Å². The second-order valence-corrected chi connectivity index (χ2v) is 4.78. The average Bonchev–Trinajstić information content (AvgIpc) is 2.46. The Morgan fingerprint density at radius 3 is 2.10 bits per heavy atom. The molecule has 0 saturated heterocycles. The van der Waals surface area contributed by atoms with E-state index in [1.807, 2.05) is 0 Å². The van der Waals surface area contributed by atoms with Crippen molar-refractivity contribution in [3.05, 3.63) is 46.0 Å². The molecule has 0 fully saturated rings. The van der Waals surface area contributed by atoms with Crippen molar-refractivity contribution in [3.63, 3.8) is 0 Å². The minimum absolute atomic E-state index is 0.00681. The smallest absolute Gasteiger partial charge is 0.202 e. The Bertz CT molecular complexity index is 835. The lowest BCUT2D eigenvalue weighted by molar-refractivity contribution is 0.0972. The van der Waals surface area contributed by atoms with Gasteiger partial charge in [-0.25, -0.2) is 0 Å². The maximum atomic E-state index is 12.5. The molecule has 2 aromatic rings. The molecule has 0 saturated carbocycles. The van der Waals surface area contributed by atoms with Gasteiger partial charge in [0.05, 0.1) is 11.1 Å². The van der Waals surface area contributed by atoms with Crippen molar-refractivity contribution >= 4 is 11.6 Å². The van der Waals surface area contributed by atoms with Crippen LogP contribution < -0.4 is 0 Å². The quantitative estimate of drug-likeness (QED) is 0.466. The first kappa shape index (κ1) is 13.0. The predicted octanol–water partition coefficient (Wildman–Crippen LogP) is 1.59. The minimum Gasteiger partial charge on any atom is -0.507 e. The lowest BCUT2D eigenvalue weighted by Crippen LogP contribution is -2.22. The summed E-state index contributed by atoms with van der Waals surface area (Å²) in [4.78, 5) is 24.9. The second-order valence-electron chi connectivity index (χ2n) is 4.78. The van der Waals surface area contributed by atoms with Crippen molar-refractivity contribution in [3.8, 4) is 23.0 Å². The molecule has 2 aromatic carbocycles. The third kappa shape index (κ3) is 1.47. The van der Waals surface area contributed by atoms with Crippen LogP contribution in [0.1, 0.15) is 37.4 Å². The average molecular weight is 286 g/mol. The Labute approximate surface area is 118 Å². The fraction of sp³-hybridized carbons (Fsp3) is 0.0667. The molecule has 0 amide bonds. The molecule has 21 heavy (non-hydrogen) atoms. The first-order valence-electron chi connectivity index (χ1n) is 6.05. The first-order valence-corrected chi connectivity index (χ1v) is 6.05. The van der Waals surface area contributed by atoms with E-state index in [0.29, 0.717) is 0 Å². The van der Waals surface area contributed by atoms with Crippen molar-refractivity contribution in [2.24, 2.45) is 0 Å². The summed E-state index contributed by atoms with van der Waals surface area (Å²) in [6.45, 7) is 1.35. The van der Waals surface area contributed by atoms with Gasteiger partial charge in [-0.3, -0.25) is 9.59 Å². The third-order valence-corrected chi connectivity index (χ3v) is 3.63. The summed E-state index contributed by atoms with van der Waals surface area (Å²) < 4.78 is 0. The Morgan fingerprint density at radius 1 is 0.762 bits per heavy atom. The van der Waals surface area contributed by atoms with Gasteiger partial charge in [0.2, 0.25) is 11.5 Å². The Hall–Kier alpha value is -3.02. The van der Waals surface area contributed by atoms with Gasteiger partial charge in [0.25, 0.3) is 0 Å². The number of phenols is 4. The van der Waals surface area contributed by atoms with E-state index >= 15 is 0 Å². The molecule has 6 nitrogen and oxygen atoms in total. The van der Waals surface area contributed by atoms with Crippen LogP contribution >= 0.6 is 0 Å². The number of carbonyl (C=O) groups excluding carboxylic acids is 2. The number of ketones is 2. The van der Waals surface area contributed by atoms with Crippen LogP contribution in [0.15, 0.2) is 18.2 Å². The summed E-state index contributed by atoms with van der Waals surface area (Å²) in [5, 5.41) is 39.0. The van der Waals surface area contributed by atoms with Gasteiger partial charge in [-0.15, -0.1) is 0 Å². The lowest BCUT2D eigenvalue weighted by atomic mass is 9.80. The summed E-state index contributed by atoms with van der Waals surface area (Å²) in [6.07, 6.45) is 0. The van der Waals surface area contributed by atoms with Gasteiger partial charge in [0, 0.05) is 16.7 Å². The second kappa shape index (κ2) is 3.99. The number of carbonyl (C=O) groups is 2. The van der Waals surface area contributed by atoms with E-state index in [4.69, 9.17) is 0 Å². The number of phenolic OH excluding ortho intramolecular Hbond substituents is 4. The molecule has 106 valence electrons. The van der Waals surface area contributed by atoms with Gasteiger partial charge in [0.1, 0.15) is 5.75 Å². The molecule has 0 aliphatic heterocycles. The first-order chi connectivity index (χ1) is 9.86. The van der Waals surface area contributed by atoms with E-state index < -0.39 is 34.4 Å². The highest BCUT2D eigenvalue weighted by atomic mass is 16.3. The van der Waals surface area contributed by atoms with Crippen LogP contribution in [0.4, 0.5) is 0 Å². The van der Waals surface area contributed by atoms with E-state index in [0.717, 1.165) is 0 Å². The van der Waals surface area contributed by atoms with Crippen LogP contribution in [0.2, 0.25) is 0 Å². The summed E-state index contributed by atoms with van der Waals surface area (Å²) in [6, 6.07) is 4.04. The van der Waals surface area contributed by atoms with Crippen LogP contribution in [-0.4, -0.2) is 32.0 Å². The molecule has 1 aliphatic rings. The molecule has 0 heterocycles. The molecule has 0 bridgehead atoms. The number of rotatable bonds is 0. The van der Waals surface area contributed by atoms with Crippen LogP contribution in [0, 0.1) is 6.92 Å². The van der Waals surface area contributed by atoms with Crippen molar-refractivity contribution < 1.29 is 30.0 Å². The molecule has 0 unspecified atom stereocenters. The molecule has 0 aromatic heterocycles. The highest BCUT2D eigenvalue weighted by molar-refractivity contribution is 6.31. The zero-order chi connectivity index (χ0) is 15.5. The molecular weight excluding hydrogens is 276 g/mol. The topological polar surface area (TPSA) is 115 Å². The molecular formula is C15H10O6. The highest BCUT2D eigenvalue weighted by Gasteiger charge is 2.38. The van der Waals surface area contributed by atoms with Gasteiger partial charge in [-0.1, -0.05) is 12.1 Å². The zero-order valence-electron chi connectivity index (χ0n) is 10.8.